The van der Waals surface area contributed by atoms with Gasteiger partial charge >= 0.3 is 0 Å². The Morgan fingerprint density at radius 1 is 1.31 bits per heavy atom. The molecule has 0 spiro atoms. The van der Waals surface area contributed by atoms with Crippen LogP contribution in [0.15, 0.2) is 53.2 Å². The summed E-state index contributed by atoms with van der Waals surface area (Å²) in [5.74, 6) is -2.19. The summed E-state index contributed by atoms with van der Waals surface area (Å²) in [5, 5.41) is 13.0. The van der Waals surface area contributed by atoms with Crippen LogP contribution in [0, 0.1) is 11.6 Å². The molecule has 4 heterocycles. The second kappa shape index (κ2) is 9.61. The first-order chi connectivity index (χ1) is 16.9. The highest BCUT2D eigenvalue weighted by Gasteiger charge is 2.27. The van der Waals surface area contributed by atoms with E-state index in [0.29, 0.717) is 23.5 Å². The second-order valence-electron chi connectivity index (χ2n) is 8.17. The van der Waals surface area contributed by atoms with Gasteiger partial charge in [-0.1, -0.05) is 0 Å². The van der Waals surface area contributed by atoms with E-state index in [0.717, 1.165) is 4.57 Å². The lowest BCUT2D eigenvalue weighted by atomic mass is 10.0. The molecule has 0 saturated carbocycles. The van der Waals surface area contributed by atoms with Crippen LogP contribution in [-0.2, 0) is 11.3 Å². The van der Waals surface area contributed by atoms with Crippen molar-refractivity contribution in [1.82, 2.24) is 19.9 Å². The number of nitrogens with zero attached hydrogens (tertiary/aromatic N) is 3. The fourth-order valence-electron chi connectivity index (χ4n) is 4.07. The molecule has 3 aromatic heterocycles. The van der Waals surface area contributed by atoms with E-state index in [4.69, 9.17) is 4.74 Å². The first kappa shape index (κ1) is 23.2. The molecule has 1 saturated heterocycles. The zero-order valence-corrected chi connectivity index (χ0v) is 19.1. The highest BCUT2D eigenvalue weighted by Crippen LogP contribution is 2.27. The van der Waals surface area contributed by atoms with Crippen molar-refractivity contribution in [3.05, 3.63) is 81.5 Å². The number of aliphatic hydroxyl groups excluding tert-OH is 1. The maximum atomic E-state index is 14.9. The fraction of sp³-hybridized carbons (Fsp3) is 0.250. The molecule has 0 radical (unpaired) electrons. The molecular formula is C24H20F2N4O4S. The van der Waals surface area contributed by atoms with Gasteiger partial charge in [0.2, 0.25) is 0 Å². The predicted molar refractivity (Wildman–Crippen MR) is 125 cm³/mol. The first-order valence-corrected chi connectivity index (χ1v) is 11.7. The Morgan fingerprint density at radius 2 is 2.11 bits per heavy atom. The lowest BCUT2D eigenvalue weighted by Gasteiger charge is -2.28. The normalized spacial score (nSPS) is 18.0. The van der Waals surface area contributed by atoms with Gasteiger partial charge in [0.05, 0.1) is 52.2 Å². The van der Waals surface area contributed by atoms with Crippen LogP contribution in [0.4, 0.5) is 8.78 Å². The largest absolute Gasteiger partial charge is 0.389 e. The molecule has 11 heteroatoms. The van der Waals surface area contributed by atoms with Gasteiger partial charge in [-0.05, 0) is 36.2 Å². The number of amides is 1. The number of ether oxygens (including phenoxy) is 1. The smallest absolute Gasteiger partial charge is 0.260 e. The third-order valence-electron chi connectivity index (χ3n) is 5.91. The number of benzene rings is 1. The number of halogens is 2. The molecule has 1 aliphatic heterocycles. The van der Waals surface area contributed by atoms with Crippen molar-refractivity contribution in [2.45, 2.75) is 25.1 Å². The van der Waals surface area contributed by atoms with Crippen molar-refractivity contribution in [3.63, 3.8) is 0 Å². The van der Waals surface area contributed by atoms with E-state index in [9.17, 15) is 23.5 Å². The number of aromatic nitrogens is 3. The van der Waals surface area contributed by atoms with Gasteiger partial charge in [-0.25, -0.2) is 8.78 Å². The monoisotopic (exact) mass is 498 g/mol. The molecule has 2 atom stereocenters. The van der Waals surface area contributed by atoms with Crippen LogP contribution in [0.1, 0.15) is 22.3 Å². The van der Waals surface area contributed by atoms with E-state index >= 15 is 0 Å². The van der Waals surface area contributed by atoms with Crippen molar-refractivity contribution < 1.29 is 23.4 Å². The SMILES string of the molecule is O=C(N[C@H]1CCOC[C@@H]1O)c1cn(Cc2c(F)cc(-c3cncs3)cc2F)c(=O)c2cccnc12. The lowest BCUT2D eigenvalue weighted by Crippen LogP contribution is -2.48. The van der Waals surface area contributed by atoms with E-state index in [2.05, 4.69) is 15.3 Å². The highest BCUT2D eigenvalue weighted by atomic mass is 32.1. The summed E-state index contributed by atoms with van der Waals surface area (Å²) < 4.78 is 36.2. The zero-order valence-electron chi connectivity index (χ0n) is 18.3. The topological polar surface area (TPSA) is 106 Å². The summed E-state index contributed by atoms with van der Waals surface area (Å²) in [7, 11) is 0. The number of aliphatic hydroxyl groups is 1. The molecule has 2 N–H and O–H groups in total. The number of carbonyl (C=O) groups excluding carboxylic acids is 1. The van der Waals surface area contributed by atoms with Gasteiger partial charge in [0, 0.05) is 30.8 Å². The molecule has 8 nitrogen and oxygen atoms in total. The zero-order chi connectivity index (χ0) is 24.5. The summed E-state index contributed by atoms with van der Waals surface area (Å²) in [6.45, 7) is 0.0561. The van der Waals surface area contributed by atoms with Gasteiger partial charge in [0.1, 0.15) is 11.6 Å². The van der Waals surface area contributed by atoms with Crippen LogP contribution < -0.4 is 10.9 Å². The predicted octanol–water partition coefficient (Wildman–Crippen LogP) is 2.73. The molecule has 35 heavy (non-hydrogen) atoms. The second-order valence-corrected chi connectivity index (χ2v) is 9.06. The van der Waals surface area contributed by atoms with Crippen molar-refractivity contribution in [2.24, 2.45) is 0 Å². The van der Waals surface area contributed by atoms with Crippen LogP contribution in [0.3, 0.4) is 0 Å². The quantitative estimate of drug-likeness (QED) is 0.438. The maximum Gasteiger partial charge on any atom is 0.260 e. The maximum absolute atomic E-state index is 14.9. The average molecular weight is 499 g/mol. The van der Waals surface area contributed by atoms with Crippen molar-refractivity contribution in [2.75, 3.05) is 13.2 Å². The van der Waals surface area contributed by atoms with Gasteiger partial charge in [0.25, 0.3) is 11.5 Å². The number of rotatable bonds is 5. The van der Waals surface area contributed by atoms with E-state index in [1.165, 1.54) is 48.1 Å². The van der Waals surface area contributed by atoms with Crippen molar-refractivity contribution in [3.8, 4) is 10.4 Å². The fourth-order valence-corrected chi connectivity index (χ4v) is 4.68. The molecule has 4 aromatic rings. The molecule has 180 valence electrons. The van der Waals surface area contributed by atoms with Crippen LogP contribution in [0.2, 0.25) is 0 Å². The van der Waals surface area contributed by atoms with Gasteiger partial charge in [-0.2, -0.15) is 0 Å². The van der Waals surface area contributed by atoms with Crippen LogP contribution in [0.5, 0.6) is 0 Å². The number of pyridine rings is 2. The number of thiazole rings is 1. The molecule has 0 aliphatic carbocycles. The number of fused-ring (bicyclic) bond motifs is 1. The van der Waals surface area contributed by atoms with Crippen LogP contribution in [-0.4, -0.2) is 50.9 Å². The molecule has 1 aromatic carbocycles. The summed E-state index contributed by atoms with van der Waals surface area (Å²) in [5.41, 5.74) is 1.27. The standard InChI is InChI=1S/C24H20F2N4O4S/c25-17-6-13(21-8-27-12-35-21)7-18(26)15(17)9-30-10-16(22-14(24(30)33)2-1-4-28-22)23(32)29-19-3-5-34-11-20(19)31/h1-2,4,6-8,10,12,19-20,31H,3,5,9,11H2,(H,29,32)/t19-,20-/m0/s1. The summed E-state index contributed by atoms with van der Waals surface area (Å²) in [6, 6.07) is 4.90. The minimum atomic E-state index is -0.877. The van der Waals surface area contributed by atoms with E-state index < -0.39 is 41.8 Å². The van der Waals surface area contributed by atoms with Crippen molar-refractivity contribution >= 4 is 28.1 Å². The highest BCUT2D eigenvalue weighted by molar-refractivity contribution is 7.13. The van der Waals surface area contributed by atoms with E-state index in [1.54, 1.807) is 11.6 Å². The number of nitrogens with one attached hydrogen (secondary N) is 1. The summed E-state index contributed by atoms with van der Waals surface area (Å²) >= 11 is 1.25. The van der Waals surface area contributed by atoms with E-state index in [1.807, 2.05) is 0 Å². The Morgan fingerprint density at radius 3 is 2.83 bits per heavy atom. The molecule has 5 rings (SSSR count). The van der Waals surface area contributed by atoms with Gasteiger partial charge < -0.3 is 19.7 Å². The number of hydrogen-bond acceptors (Lipinski definition) is 7. The van der Waals surface area contributed by atoms with Crippen LogP contribution in [0.25, 0.3) is 21.3 Å². The third-order valence-corrected chi connectivity index (χ3v) is 6.73. The third kappa shape index (κ3) is 4.57. The molecule has 1 amide bonds. The minimum absolute atomic E-state index is 0.0565. The Bertz CT molecular complexity index is 1430. The molecular weight excluding hydrogens is 478 g/mol. The van der Waals surface area contributed by atoms with Crippen LogP contribution >= 0.6 is 11.3 Å². The molecule has 1 fully saturated rings. The van der Waals surface area contributed by atoms with Gasteiger partial charge in [0.15, 0.2) is 0 Å². The van der Waals surface area contributed by atoms with Gasteiger partial charge in [-0.15, -0.1) is 11.3 Å². The Hall–Kier alpha value is -3.54. The Kier molecular flexibility index (Phi) is 6.37. The Labute approximate surface area is 201 Å². The average Bonchev–Trinajstić information content (AvgIpc) is 3.39. The molecule has 1 aliphatic rings. The van der Waals surface area contributed by atoms with Gasteiger partial charge in [-0.3, -0.25) is 19.6 Å². The van der Waals surface area contributed by atoms with Crippen molar-refractivity contribution in [1.29, 1.82) is 0 Å². The minimum Gasteiger partial charge on any atom is -0.389 e. The molecule has 0 unspecified atom stereocenters. The Balaban J connectivity index is 1.53. The first-order valence-electron chi connectivity index (χ1n) is 10.8. The number of carbonyl (C=O) groups is 1. The summed E-state index contributed by atoms with van der Waals surface area (Å²) in [4.78, 5) is 35.0. The molecule has 0 bridgehead atoms. The number of hydrogen-bond donors (Lipinski definition) is 2. The lowest BCUT2D eigenvalue weighted by molar-refractivity contribution is -0.0260. The van der Waals surface area contributed by atoms with E-state index in [-0.39, 0.29) is 28.6 Å². The summed E-state index contributed by atoms with van der Waals surface area (Å²) in [6.07, 6.45) is 3.75.